The van der Waals surface area contributed by atoms with E-state index in [0.717, 1.165) is 0 Å². The smallest absolute Gasteiger partial charge is 0.171 e. The second-order valence-corrected chi connectivity index (χ2v) is 2.03. The fraction of sp³-hybridized carbons (Fsp3) is 0.833. The maximum Gasteiger partial charge on any atom is 0.391 e. The van der Waals surface area contributed by atoms with E-state index in [1.807, 2.05) is 0 Å². The topological polar surface area (TPSA) is 0 Å². The van der Waals surface area contributed by atoms with Crippen LogP contribution < -0.4 is 0 Å². The van der Waals surface area contributed by atoms with Gasteiger partial charge >= 0.3 is 6.18 Å². The Labute approximate surface area is 53.1 Å². The molecule has 1 unspecified atom stereocenters. The molecular weight excluding hydrogens is 129 g/mol. The van der Waals surface area contributed by atoms with Crippen molar-refractivity contribution in [2.24, 2.45) is 5.92 Å². The van der Waals surface area contributed by atoms with E-state index in [0.29, 0.717) is 6.42 Å². The van der Waals surface area contributed by atoms with Crippen LogP contribution in [0.25, 0.3) is 0 Å². The third-order valence-electron chi connectivity index (χ3n) is 1.10. The van der Waals surface area contributed by atoms with Crippen molar-refractivity contribution in [3.63, 3.8) is 0 Å². The van der Waals surface area contributed by atoms with Gasteiger partial charge in [-0.1, -0.05) is 13.3 Å². The highest BCUT2D eigenvalue weighted by Crippen LogP contribution is 2.28. The van der Waals surface area contributed by atoms with Crippen LogP contribution >= 0.6 is 0 Å². The SMILES string of the molecule is [CH2]C(CCC)C(F)(F)F. The van der Waals surface area contributed by atoms with Crippen molar-refractivity contribution in [3.05, 3.63) is 6.92 Å². The van der Waals surface area contributed by atoms with E-state index in [4.69, 9.17) is 0 Å². The summed E-state index contributed by atoms with van der Waals surface area (Å²) < 4.78 is 34.7. The van der Waals surface area contributed by atoms with Gasteiger partial charge in [0.2, 0.25) is 0 Å². The second kappa shape index (κ2) is 3.08. The van der Waals surface area contributed by atoms with Gasteiger partial charge in [0, 0.05) is 0 Å². The minimum absolute atomic E-state index is 0.128. The number of hydrogen-bond donors (Lipinski definition) is 0. The highest BCUT2D eigenvalue weighted by Gasteiger charge is 2.34. The van der Waals surface area contributed by atoms with E-state index in [-0.39, 0.29) is 6.42 Å². The van der Waals surface area contributed by atoms with Crippen molar-refractivity contribution < 1.29 is 13.2 Å². The van der Waals surface area contributed by atoms with Gasteiger partial charge in [-0.25, -0.2) is 0 Å². The molecule has 0 heterocycles. The van der Waals surface area contributed by atoms with E-state index in [1.165, 1.54) is 0 Å². The summed E-state index contributed by atoms with van der Waals surface area (Å²) in [6.45, 7) is 4.69. The van der Waals surface area contributed by atoms with E-state index in [2.05, 4.69) is 6.92 Å². The molecule has 55 valence electrons. The van der Waals surface area contributed by atoms with E-state index in [1.54, 1.807) is 6.92 Å². The Bertz CT molecular complexity index is 74.9. The highest BCUT2D eigenvalue weighted by atomic mass is 19.4. The predicted molar refractivity (Wildman–Crippen MR) is 29.8 cm³/mol. The Kier molecular flexibility index (Phi) is 3.01. The van der Waals surface area contributed by atoms with Crippen LogP contribution in [0.3, 0.4) is 0 Å². The molecular formula is C6H10F3. The van der Waals surface area contributed by atoms with Crippen molar-refractivity contribution in [1.29, 1.82) is 0 Å². The predicted octanol–water partition coefficient (Wildman–Crippen LogP) is 2.80. The third-order valence-corrected chi connectivity index (χ3v) is 1.10. The number of halogens is 3. The lowest BCUT2D eigenvalue weighted by atomic mass is 10.1. The lowest BCUT2D eigenvalue weighted by Crippen LogP contribution is -2.19. The first-order valence-corrected chi connectivity index (χ1v) is 2.88. The quantitative estimate of drug-likeness (QED) is 0.551. The summed E-state index contributed by atoms with van der Waals surface area (Å²) in [5.41, 5.74) is 0. The number of rotatable bonds is 2. The van der Waals surface area contributed by atoms with Gasteiger partial charge in [-0.05, 0) is 13.3 Å². The van der Waals surface area contributed by atoms with Crippen LogP contribution in [0.2, 0.25) is 0 Å². The van der Waals surface area contributed by atoms with Crippen molar-refractivity contribution in [1.82, 2.24) is 0 Å². The fourth-order valence-electron chi connectivity index (χ4n) is 0.512. The van der Waals surface area contributed by atoms with Crippen LogP contribution in [-0.4, -0.2) is 6.18 Å². The Morgan fingerprint density at radius 3 is 2.00 bits per heavy atom. The van der Waals surface area contributed by atoms with Gasteiger partial charge in [-0.2, -0.15) is 13.2 Å². The van der Waals surface area contributed by atoms with Gasteiger partial charge in [0.05, 0.1) is 5.92 Å². The molecule has 0 amide bonds. The molecule has 0 aliphatic heterocycles. The monoisotopic (exact) mass is 139 g/mol. The molecule has 0 rings (SSSR count). The zero-order valence-corrected chi connectivity index (χ0v) is 5.33. The molecule has 0 bridgehead atoms. The first kappa shape index (κ1) is 8.79. The summed E-state index contributed by atoms with van der Waals surface area (Å²) in [7, 11) is 0. The first-order valence-electron chi connectivity index (χ1n) is 2.88. The first-order chi connectivity index (χ1) is 3.98. The summed E-state index contributed by atoms with van der Waals surface area (Å²) in [6, 6.07) is 0. The fourth-order valence-corrected chi connectivity index (χ4v) is 0.512. The largest absolute Gasteiger partial charge is 0.391 e. The van der Waals surface area contributed by atoms with Crippen molar-refractivity contribution in [3.8, 4) is 0 Å². The van der Waals surface area contributed by atoms with Crippen LogP contribution in [0.15, 0.2) is 0 Å². The lowest BCUT2D eigenvalue weighted by Gasteiger charge is -2.13. The Balaban J connectivity index is 3.59. The molecule has 3 heteroatoms. The third kappa shape index (κ3) is 3.38. The summed E-state index contributed by atoms with van der Waals surface area (Å²) in [5, 5.41) is 0. The van der Waals surface area contributed by atoms with Crippen molar-refractivity contribution >= 4 is 0 Å². The number of alkyl halides is 3. The maximum atomic E-state index is 11.6. The number of hydrogen-bond acceptors (Lipinski definition) is 0. The van der Waals surface area contributed by atoms with Gasteiger partial charge in [-0.15, -0.1) is 0 Å². The second-order valence-electron chi connectivity index (χ2n) is 2.03. The van der Waals surface area contributed by atoms with Crippen molar-refractivity contribution in [2.75, 3.05) is 0 Å². The van der Waals surface area contributed by atoms with Crippen LogP contribution in [0, 0.1) is 12.8 Å². The van der Waals surface area contributed by atoms with E-state index in [9.17, 15) is 13.2 Å². The molecule has 0 nitrogen and oxygen atoms in total. The summed E-state index contributed by atoms with van der Waals surface area (Å²) in [6.07, 6.45) is -3.44. The van der Waals surface area contributed by atoms with Gasteiger partial charge in [0.25, 0.3) is 0 Å². The average Bonchev–Trinajstić information content (AvgIpc) is 1.64. The highest BCUT2D eigenvalue weighted by molar-refractivity contribution is 4.68. The molecule has 0 aliphatic rings. The van der Waals surface area contributed by atoms with E-state index < -0.39 is 12.1 Å². The maximum absolute atomic E-state index is 11.6. The molecule has 0 saturated heterocycles. The molecule has 1 radical (unpaired) electrons. The average molecular weight is 139 g/mol. The normalized spacial score (nSPS) is 15.7. The minimum atomic E-state index is -4.10. The van der Waals surface area contributed by atoms with Gasteiger partial charge < -0.3 is 0 Å². The van der Waals surface area contributed by atoms with Gasteiger partial charge in [0.15, 0.2) is 0 Å². The minimum Gasteiger partial charge on any atom is -0.171 e. The zero-order chi connectivity index (χ0) is 7.49. The van der Waals surface area contributed by atoms with Gasteiger partial charge in [0.1, 0.15) is 0 Å². The molecule has 0 aromatic rings. The Morgan fingerprint density at radius 2 is 1.89 bits per heavy atom. The molecule has 0 spiro atoms. The van der Waals surface area contributed by atoms with Crippen molar-refractivity contribution in [2.45, 2.75) is 25.9 Å². The Hall–Kier alpha value is -0.210. The summed E-state index contributed by atoms with van der Waals surface area (Å²) >= 11 is 0. The summed E-state index contributed by atoms with van der Waals surface area (Å²) in [5.74, 6) is -1.39. The molecule has 0 saturated carbocycles. The molecule has 9 heavy (non-hydrogen) atoms. The van der Waals surface area contributed by atoms with Gasteiger partial charge in [-0.3, -0.25) is 0 Å². The van der Waals surface area contributed by atoms with Crippen LogP contribution in [0.4, 0.5) is 13.2 Å². The molecule has 0 fully saturated rings. The van der Waals surface area contributed by atoms with Crippen LogP contribution in [0.5, 0.6) is 0 Å². The zero-order valence-electron chi connectivity index (χ0n) is 5.33. The van der Waals surface area contributed by atoms with Crippen LogP contribution in [0.1, 0.15) is 19.8 Å². The molecule has 0 aromatic carbocycles. The molecule has 1 atom stereocenters. The molecule has 0 N–H and O–H groups in total. The summed E-state index contributed by atoms with van der Waals surface area (Å²) in [4.78, 5) is 0. The lowest BCUT2D eigenvalue weighted by molar-refractivity contribution is -0.163. The standard InChI is InChI=1S/C6H10F3/c1-3-4-5(2)6(7,8)9/h5H,2-4H2,1H3. The van der Waals surface area contributed by atoms with E-state index >= 15 is 0 Å². The molecule has 0 aromatic heterocycles. The Morgan fingerprint density at radius 1 is 1.44 bits per heavy atom. The molecule has 0 aliphatic carbocycles. The van der Waals surface area contributed by atoms with Crippen LogP contribution in [-0.2, 0) is 0 Å².